The molecule has 1 fully saturated rings. The summed E-state index contributed by atoms with van der Waals surface area (Å²) in [4.78, 5) is 49.9. The van der Waals surface area contributed by atoms with E-state index in [2.05, 4.69) is 11.9 Å². The molecular weight excluding hydrogens is 504 g/mol. The van der Waals surface area contributed by atoms with Gasteiger partial charge in [-0.05, 0) is 62.3 Å². The molecule has 1 aromatic carbocycles. The topological polar surface area (TPSA) is 95.0 Å². The molecule has 1 aliphatic rings. The molecule has 40 heavy (non-hydrogen) atoms. The Morgan fingerprint density at radius 2 is 1.77 bits per heavy atom. The van der Waals surface area contributed by atoms with E-state index in [-0.39, 0.29) is 47.0 Å². The molecule has 1 amide bonds. The second-order valence-electron chi connectivity index (χ2n) is 10.6. The smallest absolute Gasteiger partial charge is 0.341 e. The van der Waals surface area contributed by atoms with Crippen molar-refractivity contribution in [1.82, 2.24) is 14.0 Å². The van der Waals surface area contributed by atoms with Crippen molar-refractivity contribution in [1.29, 1.82) is 0 Å². The predicted octanol–water partition coefficient (Wildman–Crippen LogP) is 5.30. The Bertz CT molecular complexity index is 1650. The molecule has 1 aliphatic carbocycles. The molecule has 5 rings (SSSR count). The van der Waals surface area contributed by atoms with Crippen LogP contribution in [0.4, 0.5) is 0 Å². The molecule has 0 bridgehead atoms. The third kappa shape index (κ3) is 5.76. The van der Waals surface area contributed by atoms with Crippen molar-refractivity contribution >= 4 is 28.6 Å². The number of nitrogens with zero attached hydrogens (tertiary/aromatic N) is 4. The molecule has 8 nitrogen and oxygen atoms in total. The minimum absolute atomic E-state index is 0.0880. The van der Waals surface area contributed by atoms with Crippen molar-refractivity contribution in [3.05, 3.63) is 87.8 Å². The van der Waals surface area contributed by atoms with Crippen molar-refractivity contribution in [2.45, 2.75) is 65.3 Å². The molecular formula is C32H36N4O4. The zero-order valence-electron chi connectivity index (χ0n) is 23.2. The van der Waals surface area contributed by atoms with Crippen molar-refractivity contribution in [3.63, 3.8) is 0 Å². The fourth-order valence-electron chi connectivity index (χ4n) is 5.66. The number of rotatable bonds is 8. The maximum absolute atomic E-state index is 13.6. The van der Waals surface area contributed by atoms with Crippen molar-refractivity contribution in [3.8, 4) is 0 Å². The first-order valence-corrected chi connectivity index (χ1v) is 14.3. The number of ether oxygens (including phenoxy) is 1. The van der Waals surface area contributed by atoms with Crippen LogP contribution in [-0.4, -0.2) is 32.4 Å². The number of pyridine rings is 2. The van der Waals surface area contributed by atoms with Crippen molar-refractivity contribution in [2.75, 3.05) is 6.61 Å². The van der Waals surface area contributed by atoms with Crippen LogP contribution in [0.3, 0.4) is 0 Å². The quantitative estimate of drug-likeness (QED) is 0.223. The SMILES string of the molecule is CCCCC1CCC(C(=O)N=c2c(C(=O)OCC)cc3c(=O)n4ccccc4nc3n2Cc2ccccc2)CC1. The zero-order chi connectivity index (χ0) is 28.1. The van der Waals surface area contributed by atoms with Gasteiger partial charge in [-0.1, -0.05) is 62.6 Å². The molecule has 0 atom stereocenters. The molecule has 3 aromatic heterocycles. The average molecular weight is 541 g/mol. The van der Waals surface area contributed by atoms with Gasteiger partial charge in [0.05, 0.1) is 18.5 Å². The lowest BCUT2D eigenvalue weighted by Crippen LogP contribution is -2.34. The maximum atomic E-state index is 13.6. The minimum Gasteiger partial charge on any atom is -0.462 e. The highest BCUT2D eigenvalue weighted by molar-refractivity contribution is 5.94. The molecule has 8 heteroatoms. The second kappa shape index (κ2) is 12.4. The normalized spacial score (nSPS) is 17.8. The molecule has 0 spiro atoms. The first kappa shape index (κ1) is 27.5. The van der Waals surface area contributed by atoms with Crippen LogP contribution in [0.15, 0.2) is 70.6 Å². The van der Waals surface area contributed by atoms with Crippen molar-refractivity contribution < 1.29 is 14.3 Å². The number of fused-ring (bicyclic) bond motifs is 2. The highest BCUT2D eigenvalue weighted by Gasteiger charge is 2.27. The lowest BCUT2D eigenvalue weighted by molar-refractivity contribution is -0.123. The van der Waals surface area contributed by atoms with Gasteiger partial charge in [-0.15, -0.1) is 0 Å². The molecule has 4 aromatic rings. The molecule has 0 N–H and O–H groups in total. The largest absolute Gasteiger partial charge is 0.462 e. The number of amides is 1. The first-order valence-electron chi connectivity index (χ1n) is 14.3. The van der Waals surface area contributed by atoms with Crippen LogP contribution in [0.5, 0.6) is 0 Å². The van der Waals surface area contributed by atoms with Gasteiger partial charge < -0.3 is 9.30 Å². The van der Waals surface area contributed by atoms with E-state index in [0.717, 1.165) is 31.2 Å². The fourth-order valence-corrected chi connectivity index (χ4v) is 5.66. The van der Waals surface area contributed by atoms with Crippen LogP contribution in [0.2, 0.25) is 0 Å². The average Bonchev–Trinajstić information content (AvgIpc) is 2.98. The molecule has 1 saturated carbocycles. The summed E-state index contributed by atoms with van der Waals surface area (Å²) in [6.45, 7) is 4.35. The van der Waals surface area contributed by atoms with Crippen LogP contribution in [0.1, 0.15) is 74.7 Å². The summed E-state index contributed by atoms with van der Waals surface area (Å²) in [5.74, 6) is -0.394. The van der Waals surface area contributed by atoms with E-state index in [1.54, 1.807) is 29.8 Å². The van der Waals surface area contributed by atoms with Crippen LogP contribution >= 0.6 is 0 Å². The molecule has 0 radical (unpaired) electrons. The van der Waals surface area contributed by atoms with E-state index in [1.807, 2.05) is 36.4 Å². The lowest BCUT2D eigenvalue weighted by Gasteiger charge is -2.26. The third-order valence-electron chi connectivity index (χ3n) is 7.85. The van der Waals surface area contributed by atoms with Gasteiger partial charge in [-0.3, -0.25) is 14.0 Å². The maximum Gasteiger partial charge on any atom is 0.341 e. The number of hydrogen-bond acceptors (Lipinski definition) is 5. The van der Waals surface area contributed by atoms with Gasteiger partial charge in [-0.25, -0.2) is 9.78 Å². The summed E-state index contributed by atoms with van der Waals surface area (Å²) < 4.78 is 8.54. The number of unbranched alkanes of at least 4 members (excludes halogenated alkanes) is 1. The number of carbonyl (C=O) groups excluding carboxylic acids is 2. The van der Waals surface area contributed by atoms with E-state index in [1.165, 1.54) is 29.7 Å². The highest BCUT2D eigenvalue weighted by Crippen LogP contribution is 2.32. The van der Waals surface area contributed by atoms with E-state index in [4.69, 9.17) is 9.72 Å². The Morgan fingerprint density at radius 3 is 2.50 bits per heavy atom. The number of aromatic nitrogens is 3. The Balaban J connectivity index is 1.70. The van der Waals surface area contributed by atoms with E-state index < -0.39 is 5.97 Å². The summed E-state index contributed by atoms with van der Waals surface area (Å²) in [7, 11) is 0. The van der Waals surface area contributed by atoms with Gasteiger partial charge in [0, 0.05) is 12.1 Å². The summed E-state index contributed by atoms with van der Waals surface area (Å²) in [5.41, 5.74) is 1.71. The summed E-state index contributed by atoms with van der Waals surface area (Å²) in [6.07, 6.45) is 8.87. The minimum atomic E-state index is -0.626. The number of hydrogen-bond donors (Lipinski definition) is 0. The Labute approximate surface area is 233 Å². The zero-order valence-corrected chi connectivity index (χ0v) is 23.2. The standard InChI is InChI=1S/C32H36N4O4/c1-3-5-11-22-15-17-24(18-16-22)30(37)34-29-26(32(39)40-4-2)20-25-28(36(29)21-23-12-7-6-8-13-23)33-27-14-9-10-19-35(27)31(25)38/h6-10,12-14,19-20,22,24H,3-5,11,15-18,21H2,1-2H3. The van der Waals surface area contributed by atoms with Gasteiger partial charge in [0.25, 0.3) is 11.5 Å². The van der Waals surface area contributed by atoms with Gasteiger partial charge in [0.2, 0.25) is 0 Å². The fraction of sp³-hybridized carbons (Fsp3) is 0.406. The third-order valence-corrected chi connectivity index (χ3v) is 7.85. The second-order valence-corrected chi connectivity index (χ2v) is 10.6. The van der Waals surface area contributed by atoms with Gasteiger partial charge in [-0.2, -0.15) is 4.99 Å². The Kier molecular flexibility index (Phi) is 8.53. The molecule has 0 saturated heterocycles. The predicted molar refractivity (Wildman–Crippen MR) is 154 cm³/mol. The Morgan fingerprint density at radius 1 is 1.02 bits per heavy atom. The monoisotopic (exact) mass is 540 g/mol. The Hall–Kier alpha value is -4.07. The first-order chi connectivity index (χ1) is 19.5. The molecule has 3 heterocycles. The summed E-state index contributed by atoms with van der Waals surface area (Å²) in [6, 6.07) is 16.5. The summed E-state index contributed by atoms with van der Waals surface area (Å²) in [5, 5.41) is 0.255. The van der Waals surface area contributed by atoms with Crippen LogP contribution in [-0.2, 0) is 16.1 Å². The number of esters is 1. The van der Waals surface area contributed by atoms with Crippen LogP contribution in [0.25, 0.3) is 16.7 Å². The van der Waals surface area contributed by atoms with Gasteiger partial charge in [0.15, 0.2) is 5.49 Å². The highest BCUT2D eigenvalue weighted by atomic mass is 16.5. The molecule has 0 unspecified atom stereocenters. The van der Waals surface area contributed by atoms with Crippen molar-refractivity contribution in [2.24, 2.45) is 16.8 Å². The number of benzene rings is 1. The van der Waals surface area contributed by atoms with E-state index in [9.17, 15) is 14.4 Å². The van der Waals surface area contributed by atoms with E-state index in [0.29, 0.717) is 17.2 Å². The van der Waals surface area contributed by atoms with Gasteiger partial charge in [0.1, 0.15) is 16.9 Å². The van der Waals surface area contributed by atoms with Crippen LogP contribution in [0, 0.1) is 11.8 Å². The lowest BCUT2D eigenvalue weighted by atomic mass is 9.79. The molecule has 208 valence electrons. The summed E-state index contributed by atoms with van der Waals surface area (Å²) >= 11 is 0. The van der Waals surface area contributed by atoms with E-state index >= 15 is 0 Å². The van der Waals surface area contributed by atoms with Crippen LogP contribution < -0.4 is 11.0 Å². The number of carbonyl (C=O) groups is 2. The van der Waals surface area contributed by atoms with Gasteiger partial charge >= 0.3 is 5.97 Å². The molecule has 0 aliphatic heterocycles.